The molecule has 1 fully saturated rings. The molecule has 0 amide bonds. The Labute approximate surface area is 118 Å². The number of pyridine rings is 1. The number of hydrogen-bond donors (Lipinski definition) is 2. The van der Waals surface area contributed by atoms with E-state index in [0.29, 0.717) is 29.6 Å². The van der Waals surface area contributed by atoms with Gasteiger partial charge in [0.2, 0.25) is 0 Å². The van der Waals surface area contributed by atoms with Crippen molar-refractivity contribution in [2.75, 3.05) is 37.4 Å². The summed E-state index contributed by atoms with van der Waals surface area (Å²) in [5, 5.41) is 3.21. The molecule has 1 aliphatic rings. The highest BCUT2D eigenvalue weighted by Gasteiger charge is 2.15. The summed E-state index contributed by atoms with van der Waals surface area (Å²) in [5.74, 6) is 0.835. The van der Waals surface area contributed by atoms with E-state index in [1.165, 1.54) is 6.20 Å². The van der Waals surface area contributed by atoms with Gasteiger partial charge in [-0.1, -0.05) is 0 Å². The lowest BCUT2D eigenvalue weighted by atomic mass is 10.1. The van der Waals surface area contributed by atoms with Gasteiger partial charge in [0, 0.05) is 19.8 Å². The van der Waals surface area contributed by atoms with Gasteiger partial charge in [0.25, 0.3) is 0 Å². The number of aromatic nitrogens is 1. The van der Waals surface area contributed by atoms with Gasteiger partial charge < -0.3 is 20.5 Å². The van der Waals surface area contributed by atoms with Crippen LogP contribution in [0.25, 0.3) is 0 Å². The van der Waals surface area contributed by atoms with E-state index in [1.807, 2.05) is 0 Å². The Morgan fingerprint density at radius 3 is 3.20 bits per heavy atom. The second-order valence-electron chi connectivity index (χ2n) is 4.82. The molecule has 110 valence electrons. The van der Waals surface area contributed by atoms with Crippen LogP contribution in [-0.2, 0) is 9.47 Å². The highest BCUT2D eigenvalue weighted by atomic mass is 16.5. The van der Waals surface area contributed by atoms with Gasteiger partial charge in [0.15, 0.2) is 0 Å². The molecule has 20 heavy (non-hydrogen) atoms. The van der Waals surface area contributed by atoms with Crippen molar-refractivity contribution in [2.24, 2.45) is 5.92 Å². The lowest BCUT2D eigenvalue weighted by Gasteiger charge is -2.11. The minimum Gasteiger partial charge on any atom is -0.462 e. The predicted molar refractivity (Wildman–Crippen MR) is 76.6 cm³/mol. The van der Waals surface area contributed by atoms with E-state index >= 15 is 0 Å². The number of hydrogen-bond acceptors (Lipinski definition) is 6. The quantitative estimate of drug-likeness (QED) is 0.770. The summed E-state index contributed by atoms with van der Waals surface area (Å²) >= 11 is 0. The van der Waals surface area contributed by atoms with Gasteiger partial charge in [-0.2, -0.15) is 0 Å². The Kier molecular flexibility index (Phi) is 5.17. The fourth-order valence-corrected chi connectivity index (χ4v) is 2.16. The zero-order valence-electron chi connectivity index (χ0n) is 11.7. The molecule has 0 bridgehead atoms. The molecule has 6 heteroatoms. The molecule has 0 spiro atoms. The standard InChI is InChI=1S/C14H21N3O3/c1-2-20-14(18)11-7-13(17-8-12(11)15)16-5-3-10-4-6-19-9-10/h7-8,10H,2-6,9,15H2,1H3,(H,16,17). The second-order valence-corrected chi connectivity index (χ2v) is 4.82. The molecule has 2 heterocycles. The molecule has 1 atom stereocenters. The number of ether oxygens (including phenoxy) is 2. The smallest absolute Gasteiger partial charge is 0.340 e. The summed E-state index contributed by atoms with van der Waals surface area (Å²) in [7, 11) is 0. The van der Waals surface area contributed by atoms with Gasteiger partial charge in [-0.05, 0) is 31.7 Å². The van der Waals surface area contributed by atoms with Crippen molar-refractivity contribution in [3.63, 3.8) is 0 Å². The molecule has 0 aliphatic carbocycles. The first-order chi connectivity index (χ1) is 9.70. The van der Waals surface area contributed by atoms with Crippen LogP contribution >= 0.6 is 0 Å². The van der Waals surface area contributed by atoms with E-state index in [0.717, 1.165) is 32.6 Å². The average molecular weight is 279 g/mol. The number of nitrogens with one attached hydrogen (secondary N) is 1. The van der Waals surface area contributed by atoms with Crippen LogP contribution in [0.2, 0.25) is 0 Å². The predicted octanol–water partition coefficient (Wildman–Crippen LogP) is 1.68. The van der Waals surface area contributed by atoms with E-state index < -0.39 is 5.97 Å². The first kappa shape index (κ1) is 14.6. The van der Waals surface area contributed by atoms with Crippen LogP contribution in [0, 0.1) is 5.92 Å². The van der Waals surface area contributed by atoms with Crippen LogP contribution in [0.5, 0.6) is 0 Å². The highest BCUT2D eigenvalue weighted by Crippen LogP contribution is 2.18. The summed E-state index contributed by atoms with van der Waals surface area (Å²) < 4.78 is 10.3. The van der Waals surface area contributed by atoms with Crippen molar-refractivity contribution >= 4 is 17.5 Å². The third-order valence-electron chi connectivity index (χ3n) is 3.31. The third-order valence-corrected chi connectivity index (χ3v) is 3.31. The minimum absolute atomic E-state index is 0.324. The van der Waals surface area contributed by atoms with Crippen LogP contribution < -0.4 is 11.1 Å². The zero-order chi connectivity index (χ0) is 14.4. The van der Waals surface area contributed by atoms with E-state index in [2.05, 4.69) is 10.3 Å². The number of anilines is 2. The summed E-state index contributed by atoms with van der Waals surface area (Å²) in [6.45, 7) is 4.58. The highest BCUT2D eigenvalue weighted by molar-refractivity contribution is 5.95. The maximum atomic E-state index is 11.7. The van der Waals surface area contributed by atoms with Crippen molar-refractivity contribution in [3.05, 3.63) is 17.8 Å². The van der Waals surface area contributed by atoms with Crippen LogP contribution in [0.4, 0.5) is 11.5 Å². The molecular formula is C14H21N3O3. The van der Waals surface area contributed by atoms with Crippen molar-refractivity contribution < 1.29 is 14.3 Å². The lowest BCUT2D eigenvalue weighted by molar-refractivity contribution is 0.0527. The van der Waals surface area contributed by atoms with Crippen molar-refractivity contribution in [1.82, 2.24) is 4.98 Å². The van der Waals surface area contributed by atoms with E-state index in [4.69, 9.17) is 15.2 Å². The number of carbonyl (C=O) groups is 1. The Hall–Kier alpha value is -1.82. The molecule has 1 aromatic rings. The second kappa shape index (κ2) is 7.09. The van der Waals surface area contributed by atoms with E-state index in [9.17, 15) is 4.79 Å². The number of rotatable bonds is 6. The Bertz CT molecular complexity index is 459. The molecule has 0 radical (unpaired) electrons. The number of nitrogen functional groups attached to an aromatic ring is 1. The maximum absolute atomic E-state index is 11.7. The number of esters is 1. The molecular weight excluding hydrogens is 258 g/mol. The first-order valence-corrected chi connectivity index (χ1v) is 6.95. The molecule has 6 nitrogen and oxygen atoms in total. The van der Waals surface area contributed by atoms with Crippen molar-refractivity contribution in [1.29, 1.82) is 0 Å². The maximum Gasteiger partial charge on any atom is 0.340 e. The van der Waals surface area contributed by atoms with Crippen LogP contribution in [0.15, 0.2) is 12.3 Å². The normalized spacial score (nSPS) is 17.9. The summed E-state index contributed by atoms with van der Waals surface area (Å²) in [6.07, 6.45) is 3.62. The molecule has 1 unspecified atom stereocenters. The largest absolute Gasteiger partial charge is 0.462 e. The Morgan fingerprint density at radius 1 is 1.65 bits per heavy atom. The molecule has 3 N–H and O–H groups in total. The summed E-state index contributed by atoms with van der Waals surface area (Å²) in [6, 6.07) is 1.64. The molecule has 1 aromatic heterocycles. The van der Waals surface area contributed by atoms with Crippen LogP contribution in [0.1, 0.15) is 30.1 Å². The van der Waals surface area contributed by atoms with Gasteiger partial charge >= 0.3 is 5.97 Å². The third kappa shape index (κ3) is 3.84. The molecule has 0 saturated carbocycles. The number of nitrogens with two attached hydrogens (primary N) is 1. The van der Waals surface area contributed by atoms with Gasteiger partial charge in [0.1, 0.15) is 5.82 Å². The molecule has 1 aliphatic heterocycles. The number of carbonyl (C=O) groups excluding carboxylic acids is 1. The topological polar surface area (TPSA) is 86.5 Å². The Balaban J connectivity index is 1.90. The molecule has 0 aromatic carbocycles. The monoisotopic (exact) mass is 279 g/mol. The average Bonchev–Trinajstić information content (AvgIpc) is 2.94. The van der Waals surface area contributed by atoms with Crippen LogP contribution in [0.3, 0.4) is 0 Å². The first-order valence-electron chi connectivity index (χ1n) is 6.95. The fraction of sp³-hybridized carbons (Fsp3) is 0.571. The van der Waals surface area contributed by atoms with Gasteiger partial charge in [-0.3, -0.25) is 0 Å². The summed E-state index contributed by atoms with van der Waals surface area (Å²) in [4.78, 5) is 15.9. The van der Waals surface area contributed by atoms with Gasteiger partial charge in [-0.25, -0.2) is 9.78 Å². The minimum atomic E-state index is -0.417. The SMILES string of the molecule is CCOC(=O)c1cc(NCCC2CCOC2)ncc1N. The summed E-state index contributed by atoms with van der Waals surface area (Å²) in [5.41, 5.74) is 6.43. The fourth-order valence-electron chi connectivity index (χ4n) is 2.16. The van der Waals surface area contributed by atoms with Crippen molar-refractivity contribution in [3.8, 4) is 0 Å². The van der Waals surface area contributed by atoms with E-state index in [1.54, 1.807) is 13.0 Å². The van der Waals surface area contributed by atoms with Crippen LogP contribution in [-0.4, -0.2) is 37.3 Å². The van der Waals surface area contributed by atoms with Gasteiger partial charge in [0.05, 0.1) is 24.1 Å². The Morgan fingerprint density at radius 2 is 2.50 bits per heavy atom. The molecule has 2 rings (SSSR count). The number of nitrogens with zero attached hydrogens (tertiary/aromatic N) is 1. The lowest BCUT2D eigenvalue weighted by Crippen LogP contribution is -2.12. The molecule has 1 saturated heterocycles. The van der Waals surface area contributed by atoms with Gasteiger partial charge in [-0.15, -0.1) is 0 Å². The zero-order valence-corrected chi connectivity index (χ0v) is 11.7. The van der Waals surface area contributed by atoms with E-state index in [-0.39, 0.29) is 0 Å². The van der Waals surface area contributed by atoms with Crippen molar-refractivity contribution in [2.45, 2.75) is 19.8 Å².